The van der Waals surface area contributed by atoms with Gasteiger partial charge in [0.05, 0.1) is 23.6 Å². The molecule has 0 radical (unpaired) electrons. The average molecular weight is 500 g/mol. The molecule has 0 aromatic heterocycles. The predicted octanol–water partition coefficient (Wildman–Crippen LogP) is 5.55. The van der Waals surface area contributed by atoms with Gasteiger partial charge in [-0.2, -0.15) is 0 Å². The van der Waals surface area contributed by atoms with Crippen molar-refractivity contribution in [3.63, 3.8) is 0 Å². The molecule has 3 aromatic carbocycles. The molecular weight excluding hydrogens is 470 g/mol. The largest absolute Gasteiger partial charge is 0.459 e. The number of benzene rings is 3. The van der Waals surface area contributed by atoms with Crippen LogP contribution in [-0.4, -0.2) is 41.8 Å². The minimum Gasteiger partial charge on any atom is -0.459 e. The Balaban J connectivity index is 1.73. The molecule has 1 aliphatic rings. The molecule has 0 spiro atoms. The van der Waals surface area contributed by atoms with Gasteiger partial charge in [0.2, 0.25) is 0 Å². The molecule has 0 unspecified atom stereocenters. The van der Waals surface area contributed by atoms with Crippen LogP contribution in [0, 0.1) is 5.41 Å². The fourth-order valence-corrected chi connectivity index (χ4v) is 3.84. The van der Waals surface area contributed by atoms with Crippen molar-refractivity contribution < 1.29 is 23.9 Å². The predicted molar refractivity (Wildman–Crippen MR) is 141 cm³/mol. The van der Waals surface area contributed by atoms with E-state index in [1.807, 2.05) is 36.4 Å². The molecule has 0 aliphatic carbocycles. The van der Waals surface area contributed by atoms with Gasteiger partial charge in [-0.05, 0) is 29.8 Å². The first-order chi connectivity index (χ1) is 17.7. The molecule has 0 saturated carbocycles. The summed E-state index contributed by atoms with van der Waals surface area (Å²) < 4.78 is 5.43. The number of esters is 1. The number of urea groups is 2. The summed E-state index contributed by atoms with van der Waals surface area (Å²) in [5, 5.41) is 0. The highest BCUT2D eigenvalue weighted by molar-refractivity contribution is 6.18. The maximum absolute atomic E-state index is 13.9. The van der Waals surface area contributed by atoms with E-state index in [1.165, 1.54) is 9.80 Å². The fraction of sp³-hybridized carbons (Fsp3) is 0.241. The van der Waals surface area contributed by atoms with Gasteiger partial charge >= 0.3 is 18.0 Å². The van der Waals surface area contributed by atoms with Gasteiger partial charge in [0.25, 0.3) is 0 Å². The van der Waals surface area contributed by atoms with Crippen LogP contribution in [0.4, 0.5) is 26.7 Å². The van der Waals surface area contributed by atoms with Crippen molar-refractivity contribution in [2.24, 2.45) is 5.41 Å². The summed E-state index contributed by atoms with van der Waals surface area (Å²) in [4.78, 5) is 57.0. The lowest BCUT2D eigenvalue weighted by Crippen LogP contribution is -2.52. The molecule has 0 N–H and O–H groups in total. The Morgan fingerprint density at radius 3 is 1.89 bits per heavy atom. The van der Waals surface area contributed by atoms with Crippen molar-refractivity contribution in [2.75, 3.05) is 22.9 Å². The summed E-state index contributed by atoms with van der Waals surface area (Å²) in [5.74, 6) is -0.936. The minimum absolute atomic E-state index is 0.0463. The molecule has 0 bridgehead atoms. The molecule has 3 aromatic rings. The number of fused-ring (bicyclic) bond motifs is 1. The maximum Gasteiger partial charge on any atom is 0.337 e. The number of amides is 4. The van der Waals surface area contributed by atoms with Gasteiger partial charge in [-0.25, -0.2) is 14.5 Å². The molecule has 8 heteroatoms. The Morgan fingerprint density at radius 1 is 0.703 bits per heavy atom. The number of imide groups is 1. The second-order valence-corrected chi connectivity index (χ2v) is 9.72. The highest BCUT2D eigenvalue weighted by Gasteiger charge is 2.41. The summed E-state index contributed by atoms with van der Waals surface area (Å²) in [6.07, 6.45) is 0. The quantitative estimate of drug-likeness (QED) is 0.398. The lowest BCUT2D eigenvalue weighted by atomic mass is 9.90. The van der Waals surface area contributed by atoms with Crippen LogP contribution < -0.4 is 9.80 Å². The summed E-state index contributed by atoms with van der Waals surface area (Å²) in [6, 6.07) is 23.4. The Hall–Kier alpha value is -4.46. The van der Waals surface area contributed by atoms with Crippen molar-refractivity contribution in [1.29, 1.82) is 0 Å². The van der Waals surface area contributed by atoms with Gasteiger partial charge in [-0.3, -0.25) is 19.4 Å². The Morgan fingerprint density at radius 2 is 1.27 bits per heavy atom. The van der Waals surface area contributed by atoms with Gasteiger partial charge in [-0.15, -0.1) is 0 Å². The number of anilines is 3. The van der Waals surface area contributed by atoms with E-state index in [0.717, 1.165) is 10.5 Å². The molecule has 1 heterocycles. The number of ether oxygens (including phenoxy) is 1. The molecular formula is C29H29N3O5. The molecule has 1 aliphatic heterocycles. The fourth-order valence-electron chi connectivity index (χ4n) is 3.84. The Labute approximate surface area is 216 Å². The minimum atomic E-state index is -0.781. The number of nitrogens with zero attached hydrogens (tertiary/aromatic N) is 3. The van der Waals surface area contributed by atoms with Crippen molar-refractivity contribution in [3.05, 3.63) is 90.5 Å². The van der Waals surface area contributed by atoms with E-state index in [9.17, 15) is 19.2 Å². The van der Waals surface area contributed by atoms with Crippen LogP contribution in [0.2, 0.25) is 0 Å². The summed E-state index contributed by atoms with van der Waals surface area (Å²) >= 11 is 0. The topological polar surface area (TPSA) is 87.2 Å². The molecule has 0 atom stereocenters. The van der Waals surface area contributed by atoms with Gasteiger partial charge < -0.3 is 4.74 Å². The van der Waals surface area contributed by atoms with Crippen LogP contribution >= 0.6 is 0 Å². The zero-order chi connectivity index (χ0) is 26.6. The standard InChI is InChI=1S/C29H29N3O5/c1-29(2,3)25(33)18-31-27(35)30(19-26(34)37-20-21-12-6-4-7-13-21)23-16-10-11-17-24(23)32(28(31)36)22-14-8-5-9-15-22/h4-17H,18-20H2,1-3H3. The van der Waals surface area contributed by atoms with E-state index < -0.39 is 36.5 Å². The molecule has 37 heavy (non-hydrogen) atoms. The number of hydrogen-bond donors (Lipinski definition) is 0. The molecule has 190 valence electrons. The van der Waals surface area contributed by atoms with E-state index in [-0.39, 0.29) is 12.4 Å². The second-order valence-electron chi connectivity index (χ2n) is 9.72. The monoisotopic (exact) mass is 499 g/mol. The zero-order valence-electron chi connectivity index (χ0n) is 21.1. The summed E-state index contributed by atoms with van der Waals surface area (Å²) in [5.41, 5.74) is 1.31. The van der Waals surface area contributed by atoms with Crippen LogP contribution in [0.3, 0.4) is 0 Å². The number of ketones is 1. The Bertz CT molecular complexity index is 1300. The number of Topliss-reactive ketones (excluding diaryl/α,β-unsaturated/α-hetero) is 1. The summed E-state index contributed by atoms with van der Waals surface area (Å²) in [6.45, 7) is 4.36. The first-order valence-corrected chi connectivity index (χ1v) is 12.0. The molecule has 0 saturated heterocycles. The summed E-state index contributed by atoms with van der Waals surface area (Å²) in [7, 11) is 0. The van der Waals surface area contributed by atoms with Crippen LogP contribution in [-0.2, 0) is 20.9 Å². The third kappa shape index (κ3) is 5.69. The number of para-hydroxylation sites is 3. The normalized spacial score (nSPS) is 13.8. The van der Waals surface area contributed by atoms with E-state index in [0.29, 0.717) is 17.1 Å². The number of rotatable bonds is 7. The average Bonchev–Trinajstić information content (AvgIpc) is 2.97. The Kier molecular flexibility index (Phi) is 7.38. The van der Waals surface area contributed by atoms with E-state index in [4.69, 9.17) is 4.74 Å². The van der Waals surface area contributed by atoms with Gasteiger partial charge in [-0.1, -0.05) is 81.4 Å². The maximum atomic E-state index is 13.9. The first kappa shape index (κ1) is 25.6. The second kappa shape index (κ2) is 10.7. The van der Waals surface area contributed by atoms with Crippen LogP contribution in [0.25, 0.3) is 0 Å². The van der Waals surface area contributed by atoms with E-state index in [2.05, 4.69) is 0 Å². The van der Waals surface area contributed by atoms with Crippen LogP contribution in [0.1, 0.15) is 26.3 Å². The SMILES string of the molecule is CC(C)(C)C(=O)CN1C(=O)N(CC(=O)OCc2ccccc2)c2ccccc2N(c2ccccc2)C1=O. The molecule has 0 fully saturated rings. The van der Waals surface area contributed by atoms with E-state index >= 15 is 0 Å². The molecule has 4 amide bonds. The van der Waals surface area contributed by atoms with Crippen LogP contribution in [0.15, 0.2) is 84.9 Å². The number of carbonyl (C=O) groups is 4. The van der Waals surface area contributed by atoms with Gasteiger partial charge in [0, 0.05) is 5.41 Å². The number of carbonyl (C=O) groups excluding carboxylic acids is 4. The van der Waals surface area contributed by atoms with Crippen molar-refractivity contribution in [3.8, 4) is 0 Å². The molecule has 8 nitrogen and oxygen atoms in total. The zero-order valence-corrected chi connectivity index (χ0v) is 21.1. The van der Waals surface area contributed by atoms with Crippen molar-refractivity contribution in [2.45, 2.75) is 27.4 Å². The highest BCUT2D eigenvalue weighted by Crippen LogP contribution is 2.38. The first-order valence-electron chi connectivity index (χ1n) is 12.0. The highest BCUT2D eigenvalue weighted by atomic mass is 16.5. The van der Waals surface area contributed by atoms with E-state index in [1.54, 1.807) is 69.3 Å². The molecule has 4 rings (SSSR count). The lowest BCUT2D eigenvalue weighted by Gasteiger charge is -2.28. The smallest absolute Gasteiger partial charge is 0.337 e. The van der Waals surface area contributed by atoms with Crippen LogP contribution in [0.5, 0.6) is 0 Å². The van der Waals surface area contributed by atoms with Crippen molar-refractivity contribution in [1.82, 2.24) is 4.90 Å². The van der Waals surface area contributed by atoms with Crippen molar-refractivity contribution >= 4 is 40.9 Å². The van der Waals surface area contributed by atoms with Gasteiger partial charge in [0.1, 0.15) is 13.2 Å². The third-order valence-corrected chi connectivity index (χ3v) is 5.98. The third-order valence-electron chi connectivity index (χ3n) is 5.98. The lowest BCUT2D eigenvalue weighted by molar-refractivity contribution is -0.143. The van der Waals surface area contributed by atoms with Gasteiger partial charge in [0.15, 0.2) is 5.78 Å². The number of hydrogen-bond acceptors (Lipinski definition) is 5.